The van der Waals surface area contributed by atoms with Gasteiger partial charge in [0, 0.05) is 11.8 Å². The lowest BCUT2D eigenvalue weighted by atomic mass is 9.75. The average Bonchev–Trinajstić information content (AvgIpc) is 2.56. The summed E-state index contributed by atoms with van der Waals surface area (Å²) in [4.78, 5) is 11.4. The van der Waals surface area contributed by atoms with E-state index in [0.29, 0.717) is 11.5 Å². The number of rotatable bonds is 1. The standard InChI is InChI=1S/C16H14O2/c17-16(18)15-10-9-11-5-1-2-6-12(11)13-7-3-4-8-14(13)15/h1-13H,(H,17,18). The van der Waals surface area contributed by atoms with Crippen LogP contribution < -0.4 is 0 Å². The quantitative estimate of drug-likeness (QED) is 0.762. The van der Waals surface area contributed by atoms with Crippen molar-refractivity contribution in [1.29, 1.82) is 0 Å². The molecule has 0 aromatic rings. The molecule has 0 saturated heterocycles. The van der Waals surface area contributed by atoms with Crippen LogP contribution in [0.1, 0.15) is 0 Å². The summed E-state index contributed by atoms with van der Waals surface area (Å²) in [7, 11) is 0. The molecule has 90 valence electrons. The van der Waals surface area contributed by atoms with Gasteiger partial charge in [-0.05, 0) is 11.5 Å². The van der Waals surface area contributed by atoms with Crippen molar-refractivity contribution in [3.05, 3.63) is 71.9 Å². The van der Waals surface area contributed by atoms with E-state index in [2.05, 4.69) is 18.2 Å². The molecule has 0 fully saturated rings. The Labute approximate surface area is 106 Å². The molecule has 0 aliphatic heterocycles. The Hall–Kier alpha value is -2.09. The summed E-state index contributed by atoms with van der Waals surface area (Å²) >= 11 is 0. The van der Waals surface area contributed by atoms with Gasteiger partial charge in [0.15, 0.2) is 0 Å². The Kier molecular flexibility index (Phi) is 2.63. The molecule has 18 heavy (non-hydrogen) atoms. The molecule has 3 unspecified atom stereocenters. The zero-order valence-electron chi connectivity index (χ0n) is 9.86. The van der Waals surface area contributed by atoms with Crippen molar-refractivity contribution < 1.29 is 9.90 Å². The molecule has 0 bridgehead atoms. The molecule has 0 aromatic carbocycles. The highest BCUT2D eigenvalue weighted by Gasteiger charge is 2.31. The maximum absolute atomic E-state index is 11.4. The predicted molar refractivity (Wildman–Crippen MR) is 70.8 cm³/mol. The minimum atomic E-state index is -0.849. The molecule has 2 nitrogen and oxygen atoms in total. The zero-order chi connectivity index (χ0) is 12.5. The lowest BCUT2D eigenvalue weighted by Crippen LogP contribution is -2.21. The molecule has 1 N–H and O–H groups in total. The third kappa shape index (κ3) is 1.70. The smallest absolute Gasteiger partial charge is 0.335 e. The lowest BCUT2D eigenvalue weighted by Gasteiger charge is -2.29. The third-order valence-corrected chi connectivity index (χ3v) is 3.73. The lowest BCUT2D eigenvalue weighted by molar-refractivity contribution is -0.132. The fourth-order valence-electron chi connectivity index (χ4n) is 2.85. The van der Waals surface area contributed by atoms with Crippen LogP contribution in [0.5, 0.6) is 0 Å². The topological polar surface area (TPSA) is 37.3 Å². The second kappa shape index (κ2) is 4.30. The number of carbonyl (C=O) groups is 1. The second-order valence-electron chi connectivity index (χ2n) is 4.73. The highest BCUT2D eigenvalue weighted by Crippen LogP contribution is 2.39. The molecule has 3 aliphatic rings. The monoisotopic (exact) mass is 238 g/mol. The minimum absolute atomic E-state index is 0.155. The van der Waals surface area contributed by atoms with Crippen LogP contribution in [0, 0.1) is 17.8 Å². The Bertz CT molecular complexity index is 556. The van der Waals surface area contributed by atoms with Gasteiger partial charge in [-0.1, -0.05) is 60.8 Å². The number of fused-ring (bicyclic) bond motifs is 3. The summed E-state index contributed by atoms with van der Waals surface area (Å²) in [5.41, 5.74) is 1.32. The highest BCUT2D eigenvalue weighted by atomic mass is 16.4. The van der Waals surface area contributed by atoms with Gasteiger partial charge in [0.1, 0.15) is 0 Å². The van der Waals surface area contributed by atoms with Gasteiger partial charge in [-0.25, -0.2) is 4.79 Å². The fraction of sp³-hybridized carbons (Fsp3) is 0.188. The van der Waals surface area contributed by atoms with Gasteiger partial charge in [0.25, 0.3) is 0 Å². The van der Waals surface area contributed by atoms with Crippen molar-refractivity contribution in [3.8, 4) is 0 Å². The number of carboxylic acids is 1. The van der Waals surface area contributed by atoms with Gasteiger partial charge in [0.2, 0.25) is 0 Å². The maximum atomic E-state index is 11.4. The fourth-order valence-corrected chi connectivity index (χ4v) is 2.85. The SMILES string of the molecule is O=C(O)C1=C2C=CC=CC2C2C=CC=CC2C=C1. The molecule has 3 aliphatic carbocycles. The number of hydrogen-bond donors (Lipinski definition) is 1. The molecule has 3 atom stereocenters. The van der Waals surface area contributed by atoms with Gasteiger partial charge >= 0.3 is 5.97 Å². The Morgan fingerprint density at radius 1 is 0.944 bits per heavy atom. The maximum Gasteiger partial charge on any atom is 0.335 e. The first-order valence-electron chi connectivity index (χ1n) is 6.13. The number of carboxylic acid groups (broad SMARTS) is 1. The van der Waals surface area contributed by atoms with Crippen LogP contribution >= 0.6 is 0 Å². The highest BCUT2D eigenvalue weighted by molar-refractivity contribution is 5.92. The van der Waals surface area contributed by atoms with Crippen molar-refractivity contribution in [2.24, 2.45) is 17.8 Å². The van der Waals surface area contributed by atoms with Gasteiger partial charge in [-0.15, -0.1) is 0 Å². The van der Waals surface area contributed by atoms with Crippen molar-refractivity contribution in [3.63, 3.8) is 0 Å². The summed E-state index contributed by atoms with van der Waals surface area (Å²) < 4.78 is 0. The minimum Gasteiger partial charge on any atom is -0.478 e. The third-order valence-electron chi connectivity index (χ3n) is 3.73. The predicted octanol–water partition coefficient (Wildman–Crippen LogP) is 3.04. The second-order valence-corrected chi connectivity index (χ2v) is 4.73. The first kappa shape index (κ1) is 11.0. The van der Waals surface area contributed by atoms with Crippen LogP contribution in [0.25, 0.3) is 0 Å². The van der Waals surface area contributed by atoms with E-state index in [4.69, 9.17) is 0 Å². The van der Waals surface area contributed by atoms with E-state index in [0.717, 1.165) is 5.57 Å². The van der Waals surface area contributed by atoms with Crippen LogP contribution in [0.15, 0.2) is 71.9 Å². The summed E-state index contributed by atoms with van der Waals surface area (Å²) in [5.74, 6) is -0.0950. The van der Waals surface area contributed by atoms with E-state index in [1.54, 1.807) is 6.08 Å². The average molecular weight is 238 g/mol. The first-order chi connectivity index (χ1) is 8.77. The molecule has 0 amide bonds. The largest absolute Gasteiger partial charge is 0.478 e. The van der Waals surface area contributed by atoms with Gasteiger partial charge in [0.05, 0.1) is 5.57 Å². The van der Waals surface area contributed by atoms with Crippen LogP contribution in [0.4, 0.5) is 0 Å². The van der Waals surface area contributed by atoms with Crippen LogP contribution in [0.2, 0.25) is 0 Å². The van der Waals surface area contributed by atoms with Gasteiger partial charge in [-0.2, -0.15) is 0 Å². The van der Waals surface area contributed by atoms with E-state index < -0.39 is 5.97 Å². The molecule has 0 aromatic heterocycles. The molecular formula is C16H14O2. The molecule has 0 radical (unpaired) electrons. The molecular weight excluding hydrogens is 224 g/mol. The van der Waals surface area contributed by atoms with Crippen LogP contribution in [-0.4, -0.2) is 11.1 Å². The Balaban J connectivity index is 2.13. The summed E-state index contributed by atoms with van der Waals surface area (Å²) in [6.45, 7) is 0. The van der Waals surface area contributed by atoms with E-state index in [9.17, 15) is 9.90 Å². The zero-order valence-corrected chi connectivity index (χ0v) is 9.86. The van der Waals surface area contributed by atoms with Gasteiger partial charge in [-0.3, -0.25) is 0 Å². The van der Waals surface area contributed by atoms with Crippen molar-refractivity contribution in [2.45, 2.75) is 0 Å². The number of aliphatic carboxylic acids is 1. The van der Waals surface area contributed by atoms with Crippen LogP contribution in [0.3, 0.4) is 0 Å². The molecule has 2 heteroatoms. The molecule has 0 saturated carbocycles. The molecule has 0 spiro atoms. The van der Waals surface area contributed by atoms with E-state index in [1.807, 2.05) is 36.5 Å². The van der Waals surface area contributed by atoms with Crippen molar-refractivity contribution >= 4 is 5.97 Å². The van der Waals surface area contributed by atoms with E-state index >= 15 is 0 Å². The molecule has 3 rings (SSSR count). The summed E-state index contributed by atoms with van der Waals surface area (Å²) in [6.07, 6.45) is 20.1. The van der Waals surface area contributed by atoms with Crippen LogP contribution in [-0.2, 0) is 4.79 Å². The van der Waals surface area contributed by atoms with Crippen molar-refractivity contribution in [2.75, 3.05) is 0 Å². The van der Waals surface area contributed by atoms with E-state index in [1.165, 1.54) is 0 Å². The van der Waals surface area contributed by atoms with Gasteiger partial charge < -0.3 is 5.11 Å². The number of allylic oxidation sites excluding steroid dienone is 10. The van der Waals surface area contributed by atoms with E-state index in [-0.39, 0.29) is 11.8 Å². The van der Waals surface area contributed by atoms with Crippen molar-refractivity contribution in [1.82, 2.24) is 0 Å². The summed E-state index contributed by atoms with van der Waals surface area (Å²) in [5, 5.41) is 9.33. The summed E-state index contributed by atoms with van der Waals surface area (Å²) in [6, 6.07) is 0. The molecule has 0 heterocycles. The number of hydrogen-bond acceptors (Lipinski definition) is 1. The first-order valence-corrected chi connectivity index (χ1v) is 6.13. The Morgan fingerprint density at radius 3 is 2.56 bits per heavy atom. The normalized spacial score (nSPS) is 32.1. The Morgan fingerprint density at radius 2 is 1.72 bits per heavy atom.